The minimum atomic E-state index is -0.587. The molecule has 0 bridgehead atoms. The lowest BCUT2D eigenvalue weighted by molar-refractivity contribution is -0.118. The van der Waals surface area contributed by atoms with Crippen LogP contribution in [0.5, 0.6) is 5.75 Å². The quantitative estimate of drug-likeness (QED) is 0.220. The van der Waals surface area contributed by atoms with E-state index in [9.17, 15) is 14.9 Å². The number of carbonyl (C=O) groups is 2. The second kappa shape index (κ2) is 12.0. The molecule has 178 valence electrons. The van der Waals surface area contributed by atoms with Crippen LogP contribution in [0.4, 0.5) is 11.4 Å². The standard InChI is InChI=1S/C26H20Br2ClN3O3/c1-15-7-8-19(9-16(15)2)31-24(33)14-35-25-20(27)11-17(12-21(25)28)10-18(13-30)26(34)32-23-6-4-3-5-22(23)29/h3-12H,14H2,1-2H3,(H,31,33)(H,32,34)/b18-10+. The molecule has 6 nitrogen and oxygen atoms in total. The van der Waals surface area contributed by atoms with Crippen LogP contribution in [0.2, 0.25) is 5.02 Å². The van der Waals surface area contributed by atoms with E-state index in [0.29, 0.717) is 36.7 Å². The van der Waals surface area contributed by atoms with Crippen LogP contribution in [-0.2, 0) is 9.59 Å². The fourth-order valence-corrected chi connectivity index (χ4v) is 4.66. The van der Waals surface area contributed by atoms with Gasteiger partial charge in [0.2, 0.25) is 0 Å². The van der Waals surface area contributed by atoms with Gasteiger partial charge in [0.25, 0.3) is 11.8 Å². The van der Waals surface area contributed by atoms with Gasteiger partial charge in [-0.05, 0) is 105 Å². The topological polar surface area (TPSA) is 91.2 Å². The van der Waals surface area contributed by atoms with Crippen molar-refractivity contribution in [2.75, 3.05) is 17.2 Å². The number of amides is 2. The molecule has 0 radical (unpaired) electrons. The van der Waals surface area contributed by atoms with E-state index in [1.807, 2.05) is 38.1 Å². The van der Waals surface area contributed by atoms with E-state index in [-0.39, 0.29) is 18.1 Å². The van der Waals surface area contributed by atoms with E-state index < -0.39 is 5.91 Å². The summed E-state index contributed by atoms with van der Waals surface area (Å²) in [6, 6.07) is 17.7. The predicted molar refractivity (Wildman–Crippen MR) is 146 cm³/mol. The average Bonchev–Trinajstić information content (AvgIpc) is 2.80. The number of nitrogens with zero attached hydrogens (tertiary/aromatic N) is 1. The lowest BCUT2D eigenvalue weighted by Gasteiger charge is -2.12. The van der Waals surface area contributed by atoms with E-state index in [0.717, 1.165) is 11.1 Å². The van der Waals surface area contributed by atoms with Crippen LogP contribution in [0.3, 0.4) is 0 Å². The highest BCUT2D eigenvalue weighted by molar-refractivity contribution is 9.11. The fraction of sp³-hybridized carbons (Fsp3) is 0.115. The maximum Gasteiger partial charge on any atom is 0.266 e. The zero-order chi connectivity index (χ0) is 25.5. The molecule has 0 spiro atoms. The molecule has 9 heteroatoms. The number of anilines is 2. The van der Waals surface area contributed by atoms with Gasteiger partial charge in [-0.2, -0.15) is 5.26 Å². The molecule has 0 aliphatic rings. The van der Waals surface area contributed by atoms with Gasteiger partial charge in [0.15, 0.2) is 6.61 Å². The molecule has 2 N–H and O–H groups in total. The van der Waals surface area contributed by atoms with Crippen molar-refractivity contribution in [2.24, 2.45) is 0 Å². The summed E-state index contributed by atoms with van der Waals surface area (Å²) in [6.45, 7) is 3.77. The Morgan fingerprint density at radius 1 is 1.03 bits per heavy atom. The summed E-state index contributed by atoms with van der Waals surface area (Å²) in [5.41, 5.74) is 3.79. The summed E-state index contributed by atoms with van der Waals surface area (Å²) in [4.78, 5) is 24.9. The van der Waals surface area contributed by atoms with Crippen LogP contribution < -0.4 is 15.4 Å². The van der Waals surface area contributed by atoms with Crippen LogP contribution in [0.15, 0.2) is 69.1 Å². The molecular formula is C26H20Br2ClN3O3. The molecule has 3 aromatic carbocycles. The maximum absolute atomic E-state index is 12.6. The Balaban J connectivity index is 1.70. The van der Waals surface area contributed by atoms with Crippen molar-refractivity contribution in [2.45, 2.75) is 13.8 Å². The largest absolute Gasteiger partial charge is 0.481 e. The number of nitrogens with one attached hydrogen (secondary N) is 2. The Hall–Kier alpha value is -3.12. The number of carbonyl (C=O) groups excluding carboxylic acids is 2. The number of hydrogen-bond donors (Lipinski definition) is 2. The highest BCUT2D eigenvalue weighted by Crippen LogP contribution is 2.35. The van der Waals surface area contributed by atoms with Crippen molar-refractivity contribution in [3.63, 3.8) is 0 Å². The van der Waals surface area contributed by atoms with Crippen LogP contribution in [0.25, 0.3) is 6.08 Å². The van der Waals surface area contributed by atoms with Crippen molar-refractivity contribution in [3.05, 3.63) is 90.8 Å². The molecule has 3 rings (SSSR count). The maximum atomic E-state index is 12.6. The molecule has 0 heterocycles. The molecule has 0 saturated heterocycles. The van der Waals surface area contributed by atoms with Crippen LogP contribution >= 0.6 is 43.5 Å². The molecule has 0 saturated carbocycles. The van der Waals surface area contributed by atoms with E-state index in [1.54, 1.807) is 36.4 Å². The number of ether oxygens (including phenoxy) is 1. The van der Waals surface area contributed by atoms with Crippen LogP contribution in [-0.4, -0.2) is 18.4 Å². The third kappa shape index (κ3) is 7.18. The minimum absolute atomic E-state index is 0.106. The molecule has 0 unspecified atom stereocenters. The Bertz CT molecular complexity index is 1340. The molecule has 0 aliphatic heterocycles. The summed E-state index contributed by atoms with van der Waals surface area (Å²) >= 11 is 12.9. The van der Waals surface area contributed by atoms with Crippen LogP contribution in [0.1, 0.15) is 16.7 Å². The second-order valence-electron chi connectivity index (χ2n) is 7.55. The highest BCUT2D eigenvalue weighted by atomic mass is 79.9. The van der Waals surface area contributed by atoms with Gasteiger partial charge in [0.1, 0.15) is 17.4 Å². The van der Waals surface area contributed by atoms with Gasteiger partial charge in [-0.3, -0.25) is 9.59 Å². The highest BCUT2D eigenvalue weighted by Gasteiger charge is 2.15. The van der Waals surface area contributed by atoms with Crippen molar-refractivity contribution >= 4 is 72.7 Å². The van der Waals surface area contributed by atoms with Crippen LogP contribution in [0, 0.1) is 25.2 Å². The zero-order valence-corrected chi connectivity index (χ0v) is 22.7. The predicted octanol–water partition coefficient (Wildman–Crippen LogP) is 7.05. The molecular weight excluding hydrogens is 598 g/mol. The monoisotopic (exact) mass is 615 g/mol. The molecule has 3 aromatic rings. The lowest BCUT2D eigenvalue weighted by atomic mass is 10.1. The van der Waals surface area contributed by atoms with Gasteiger partial charge >= 0.3 is 0 Å². The number of rotatable bonds is 7. The third-order valence-corrected chi connectivity index (χ3v) is 6.46. The molecule has 0 atom stereocenters. The van der Waals surface area contributed by atoms with Crippen molar-refractivity contribution in [3.8, 4) is 11.8 Å². The first-order valence-corrected chi connectivity index (χ1v) is 12.3. The Morgan fingerprint density at radius 2 is 1.71 bits per heavy atom. The first-order chi connectivity index (χ1) is 16.7. The first-order valence-electron chi connectivity index (χ1n) is 10.3. The molecule has 0 fully saturated rings. The number of hydrogen-bond acceptors (Lipinski definition) is 4. The number of para-hydroxylation sites is 1. The van der Waals surface area contributed by atoms with Gasteiger partial charge in [0.05, 0.1) is 19.7 Å². The van der Waals surface area contributed by atoms with E-state index in [4.69, 9.17) is 16.3 Å². The molecule has 35 heavy (non-hydrogen) atoms. The fourth-order valence-electron chi connectivity index (χ4n) is 3.02. The summed E-state index contributed by atoms with van der Waals surface area (Å²) in [7, 11) is 0. The number of aryl methyl sites for hydroxylation is 2. The van der Waals surface area contributed by atoms with E-state index >= 15 is 0 Å². The minimum Gasteiger partial charge on any atom is -0.481 e. The summed E-state index contributed by atoms with van der Waals surface area (Å²) in [5.74, 6) is -0.480. The third-order valence-electron chi connectivity index (χ3n) is 4.96. The Labute approximate surface area is 225 Å². The van der Waals surface area contributed by atoms with Crippen molar-refractivity contribution < 1.29 is 14.3 Å². The number of nitriles is 1. The first kappa shape index (κ1) is 26.5. The van der Waals surface area contributed by atoms with Gasteiger partial charge in [-0.25, -0.2) is 0 Å². The summed E-state index contributed by atoms with van der Waals surface area (Å²) in [5, 5.41) is 15.3. The van der Waals surface area contributed by atoms with Gasteiger partial charge < -0.3 is 15.4 Å². The molecule has 2 amide bonds. The van der Waals surface area contributed by atoms with Gasteiger partial charge in [-0.15, -0.1) is 0 Å². The molecule has 0 aliphatic carbocycles. The van der Waals surface area contributed by atoms with Crippen molar-refractivity contribution in [1.29, 1.82) is 5.26 Å². The zero-order valence-electron chi connectivity index (χ0n) is 18.8. The average molecular weight is 618 g/mol. The molecule has 0 aromatic heterocycles. The summed E-state index contributed by atoms with van der Waals surface area (Å²) < 4.78 is 6.78. The Morgan fingerprint density at radius 3 is 2.34 bits per heavy atom. The second-order valence-corrected chi connectivity index (χ2v) is 9.67. The Kier molecular flexibility index (Phi) is 9.10. The van der Waals surface area contributed by atoms with Gasteiger partial charge in [-0.1, -0.05) is 29.8 Å². The van der Waals surface area contributed by atoms with E-state index in [1.165, 1.54) is 6.08 Å². The normalized spacial score (nSPS) is 10.9. The van der Waals surface area contributed by atoms with Crippen molar-refractivity contribution in [1.82, 2.24) is 0 Å². The smallest absolute Gasteiger partial charge is 0.266 e. The van der Waals surface area contributed by atoms with E-state index in [2.05, 4.69) is 42.5 Å². The SMILES string of the molecule is Cc1ccc(NC(=O)COc2c(Br)cc(/C=C(\C#N)C(=O)Nc3ccccc3Cl)cc2Br)cc1C. The summed E-state index contributed by atoms with van der Waals surface area (Å²) in [6.07, 6.45) is 1.44. The number of benzene rings is 3. The number of halogens is 3. The van der Waals surface area contributed by atoms with Gasteiger partial charge in [0, 0.05) is 5.69 Å². The lowest BCUT2D eigenvalue weighted by Crippen LogP contribution is -2.20.